The number of hydrogen-bond donors (Lipinski definition) is 1. The summed E-state index contributed by atoms with van der Waals surface area (Å²) in [5, 5.41) is 0. The molecule has 2 nitrogen and oxygen atoms in total. The van der Waals surface area contributed by atoms with Crippen LogP contribution in [0.1, 0.15) is 20.8 Å². The Kier molecular flexibility index (Phi) is 5.42. The second-order valence-corrected chi connectivity index (χ2v) is 2.23. The van der Waals surface area contributed by atoms with Crippen LogP contribution in [0.2, 0.25) is 0 Å². The maximum atomic E-state index is 4.81. The van der Waals surface area contributed by atoms with Gasteiger partial charge in [-0.2, -0.15) is 0 Å². The van der Waals surface area contributed by atoms with Crippen molar-refractivity contribution < 1.29 is 25.9 Å². The van der Waals surface area contributed by atoms with E-state index in [2.05, 4.69) is 4.84 Å². The molecule has 0 rings (SSSR count). The Morgan fingerprint density at radius 3 is 1.43 bits per heavy atom. The van der Waals surface area contributed by atoms with Crippen LogP contribution in [0.3, 0.4) is 0 Å². The van der Waals surface area contributed by atoms with Crippen molar-refractivity contribution in [3.05, 3.63) is 0 Å². The molecule has 0 aromatic heterocycles. The molecule has 2 N–H and O–H groups in total. The third-order valence-electron chi connectivity index (χ3n) is 0.354. The molecule has 0 radical (unpaired) electrons. The Bertz CT molecular complexity index is 41.4. The maximum Gasteiger partial charge on any atom is 0.0810 e. The van der Waals surface area contributed by atoms with Crippen molar-refractivity contribution in [2.75, 3.05) is 0 Å². The van der Waals surface area contributed by atoms with Crippen molar-refractivity contribution in [2.24, 2.45) is 5.90 Å². The van der Waals surface area contributed by atoms with E-state index in [1.165, 1.54) is 0 Å². The fraction of sp³-hybridized carbons (Fsp3) is 1.00. The van der Waals surface area contributed by atoms with Gasteiger partial charge in [-0.3, -0.25) is 4.84 Å². The van der Waals surface area contributed by atoms with Crippen LogP contribution in [-0.2, 0) is 25.9 Å². The summed E-state index contributed by atoms with van der Waals surface area (Å²) in [4.78, 5) is 4.44. The molecule has 0 aliphatic heterocycles. The van der Waals surface area contributed by atoms with Crippen molar-refractivity contribution in [2.45, 2.75) is 26.4 Å². The molecule has 0 bridgehead atoms. The number of hydrogen-bond acceptors (Lipinski definition) is 2. The molecule has 0 aliphatic rings. The van der Waals surface area contributed by atoms with Crippen molar-refractivity contribution in [1.29, 1.82) is 0 Å². The largest absolute Gasteiger partial charge is 0.299 e. The molecule has 7 heavy (non-hydrogen) atoms. The van der Waals surface area contributed by atoms with Crippen molar-refractivity contribution >= 4 is 0 Å². The monoisotopic (exact) mass is 284 g/mol. The van der Waals surface area contributed by atoms with E-state index in [1.54, 1.807) is 0 Å². The predicted octanol–water partition coefficient (Wildman–Crippen LogP) is 0.673. The van der Waals surface area contributed by atoms with Gasteiger partial charge < -0.3 is 0 Å². The summed E-state index contributed by atoms with van der Waals surface area (Å²) in [7, 11) is 0. The van der Waals surface area contributed by atoms with Crippen LogP contribution in [0, 0.1) is 0 Å². The molecule has 0 spiro atoms. The summed E-state index contributed by atoms with van der Waals surface area (Å²) in [5.74, 6) is 4.81. The van der Waals surface area contributed by atoms with E-state index >= 15 is 0 Å². The number of nitrogens with two attached hydrogens (primary N) is 1. The van der Waals surface area contributed by atoms with E-state index in [9.17, 15) is 0 Å². The van der Waals surface area contributed by atoms with Crippen LogP contribution in [0.25, 0.3) is 0 Å². The maximum absolute atomic E-state index is 4.81. The third-order valence-corrected chi connectivity index (χ3v) is 0.354. The average Bonchev–Trinajstić information content (AvgIpc) is 1.35. The molecule has 0 unspecified atom stereocenters. The van der Waals surface area contributed by atoms with E-state index in [1.807, 2.05) is 20.8 Å². The first-order valence-electron chi connectivity index (χ1n) is 1.94. The van der Waals surface area contributed by atoms with E-state index in [4.69, 9.17) is 5.90 Å². The minimum Gasteiger partial charge on any atom is -0.299 e. The zero-order chi connectivity index (χ0) is 5.21. The first-order chi connectivity index (χ1) is 2.56. The molecular weight excluding hydrogens is 273 g/mol. The van der Waals surface area contributed by atoms with Crippen LogP contribution >= 0.6 is 0 Å². The molecule has 0 heterocycles. The van der Waals surface area contributed by atoms with E-state index < -0.39 is 0 Å². The van der Waals surface area contributed by atoms with Gasteiger partial charge in [-0.1, -0.05) is 0 Å². The molecule has 0 atom stereocenters. The average molecular weight is 284 g/mol. The molecular formula is C4H11NOPt. The van der Waals surface area contributed by atoms with Gasteiger partial charge in [-0.25, -0.2) is 5.90 Å². The zero-order valence-electron chi connectivity index (χ0n) is 4.80. The van der Waals surface area contributed by atoms with Gasteiger partial charge in [-0.15, -0.1) is 0 Å². The Morgan fingerprint density at radius 1 is 1.29 bits per heavy atom. The minimum atomic E-state index is -0.181. The van der Waals surface area contributed by atoms with Gasteiger partial charge in [0, 0.05) is 21.1 Å². The summed E-state index contributed by atoms with van der Waals surface area (Å²) in [5.41, 5.74) is -0.181. The van der Waals surface area contributed by atoms with Crippen molar-refractivity contribution in [3.63, 3.8) is 0 Å². The predicted molar refractivity (Wildman–Crippen MR) is 25.0 cm³/mol. The first-order valence-corrected chi connectivity index (χ1v) is 1.94. The van der Waals surface area contributed by atoms with Gasteiger partial charge in [0.1, 0.15) is 0 Å². The molecule has 0 fully saturated rings. The second-order valence-electron chi connectivity index (χ2n) is 2.23. The summed E-state index contributed by atoms with van der Waals surface area (Å²) in [6.45, 7) is 5.69. The van der Waals surface area contributed by atoms with Crippen LogP contribution in [-0.4, -0.2) is 5.60 Å². The van der Waals surface area contributed by atoms with Gasteiger partial charge in [0.15, 0.2) is 0 Å². The third kappa shape index (κ3) is 10.8. The van der Waals surface area contributed by atoms with Crippen molar-refractivity contribution in [1.82, 2.24) is 0 Å². The van der Waals surface area contributed by atoms with Crippen LogP contribution in [0.5, 0.6) is 0 Å². The van der Waals surface area contributed by atoms with Gasteiger partial charge in [0.05, 0.1) is 5.60 Å². The Morgan fingerprint density at radius 2 is 1.43 bits per heavy atom. The smallest absolute Gasteiger partial charge is 0.0810 e. The fourth-order valence-electron chi connectivity index (χ4n) is 0. The van der Waals surface area contributed by atoms with E-state index in [0.717, 1.165) is 0 Å². The summed E-state index contributed by atoms with van der Waals surface area (Å²) in [6.07, 6.45) is 0. The topological polar surface area (TPSA) is 35.2 Å². The molecule has 0 amide bonds. The second kappa shape index (κ2) is 3.59. The zero-order valence-corrected chi connectivity index (χ0v) is 7.07. The molecule has 0 saturated carbocycles. The summed E-state index contributed by atoms with van der Waals surface area (Å²) in [6, 6.07) is 0. The minimum absolute atomic E-state index is 0. The van der Waals surface area contributed by atoms with Gasteiger partial charge in [0.25, 0.3) is 0 Å². The van der Waals surface area contributed by atoms with Crippen molar-refractivity contribution in [3.8, 4) is 0 Å². The van der Waals surface area contributed by atoms with Gasteiger partial charge in [0.2, 0.25) is 0 Å². The molecule has 0 saturated heterocycles. The normalized spacial score (nSPS) is 10.3. The molecule has 0 aromatic carbocycles. The van der Waals surface area contributed by atoms with Gasteiger partial charge >= 0.3 is 0 Å². The summed E-state index contributed by atoms with van der Waals surface area (Å²) >= 11 is 0. The Balaban J connectivity index is 0. The van der Waals surface area contributed by atoms with Crippen LogP contribution in [0.4, 0.5) is 0 Å². The van der Waals surface area contributed by atoms with Crippen LogP contribution < -0.4 is 5.90 Å². The SMILES string of the molecule is CC(C)(C)ON.[Pt]. The first kappa shape index (κ1) is 10.6. The van der Waals surface area contributed by atoms with Crippen LogP contribution in [0.15, 0.2) is 0 Å². The molecule has 3 heteroatoms. The Hall–Kier alpha value is 0.608. The standard InChI is InChI=1S/C4H11NO.Pt/c1-4(2,3)6-5;/h5H2,1-3H3;. The fourth-order valence-corrected chi connectivity index (χ4v) is 0. The van der Waals surface area contributed by atoms with E-state index in [0.29, 0.717) is 0 Å². The van der Waals surface area contributed by atoms with Gasteiger partial charge in [-0.05, 0) is 20.8 Å². The molecule has 48 valence electrons. The summed E-state index contributed by atoms with van der Waals surface area (Å²) < 4.78 is 0. The van der Waals surface area contributed by atoms with E-state index in [-0.39, 0.29) is 26.7 Å². The quantitative estimate of drug-likeness (QED) is 0.664. The molecule has 0 aromatic rings. The molecule has 0 aliphatic carbocycles. The Labute approximate surface area is 58.6 Å². The number of rotatable bonds is 0.